The standard InChI is InChI=1S/C42H32Br2N2S2.2CH4O4S/c1-45-37-7-3-5-9-39(37)47-41(45)25-21-31-15-11-29(12-16-31)19-23-33-27-36(44)34(28-35(33)43)24-20-30-13-17-32(18-14-30)22-26-42-46(2)38-8-4-6-10-40(38)48-42;2*1-5-6(2,3)4/h3-28H,1-2H3;2*1H3,(H,2,3,4)/q+2;;/p-2/b23-19+,24-20+,25-21+,26-22+;;. The molecule has 60 heavy (non-hydrogen) atoms. The third-order valence-electron chi connectivity index (χ3n) is 8.69. The summed E-state index contributed by atoms with van der Waals surface area (Å²) < 4.78 is 71.2. The minimum Gasteiger partial charge on any atom is -0.726 e. The second kappa shape index (κ2) is 21.4. The highest BCUT2D eigenvalue weighted by molar-refractivity contribution is 9.11. The highest BCUT2D eigenvalue weighted by atomic mass is 79.9. The summed E-state index contributed by atoms with van der Waals surface area (Å²) in [5, 5.41) is 2.46. The number of halogens is 2. The van der Waals surface area contributed by atoms with E-state index in [2.05, 4.69) is 221 Å². The van der Waals surface area contributed by atoms with Crippen molar-refractivity contribution in [3.8, 4) is 0 Å². The van der Waals surface area contributed by atoms with Gasteiger partial charge in [0.2, 0.25) is 31.8 Å². The number of aryl methyl sites for hydroxylation is 2. The van der Waals surface area contributed by atoms with Crippen LogP contribution in [0.4, 0.5) is 0 Å². The zero-order valence-electron chi connectivity index (χ0n) is 32.6. The lowest BCUT2D eigenvalue weighted by Crippen LogP contribution is -2.28. The first-order chi connectivity index (χ1) is 28.5. The number of rotatable bonds is 10. The van der Waals surface area contributed by atoms with Gasteiger partial charge in [0.05, 0.1) is 14.2 Å². The van der Waals surface area contributed by atoms with Gasteiger partial charge in [-0.1, -0.05) is 152 Å². The fourth-order valence-electron chi connectivity index (χ4n) is 5.51. The van der Waals surface area contributed by atoms with Crippen LogP contribution in [0.25, 0.3) is 69.0 Å². The van der Waals surface area contributed by atoms with Gasteiger partial charge in [0, 0.05) is 33.2 Å². The molecule has 0 fully saturated rings. The number of para-hydroxylation sites is 2. The van der Waals surface area contributed by atoms with Crippen molar-refractivity contribution >= 4 is 144 Å². The number of aromatic nitrogens is 2. The zero-order chi connectivity index (χ0) is 43.5. The van der Waals surface area contributed by atoms with Crippen molar-refractivity contribution in [1.82, 2.24) is 0 Å². The van der Waals surface area contributed by atoms with E-state index in [0.717, 1.165) is 45.4 Å². The Morgan fingerprint density at radius 1 is 0.500 bits per heavy atom. The van der Waals surface area contributed by atoms with E-state index in [-0.39, 0.29) is 0 Å². The molecule has 0 aliphatic rings. The van der Waals surface area contributed by atoms with Crippen LogP contribution in [0.15, 0.2) is 118 Å². The molecule has 0 N–H and O–H groups in total. The number of nitrogens with zero attached hydrogens (tertiary/aromatic N) is 2. The molecule has 0 aliphatic heterocycles. The highest BCUT2D eigenvalue weighted by Gasteiger charge is 2.14. The van der Waals surface area contributed by atoms with E-state index >= 15 is 0 Å². The average Bonchev–Trinajstić information content (AvgIpc) is 3.74. The van der Waals surface area contributed by atoms with E-state index < -0.39 is 20.8 Å². The van der Waals surface area contributed by atoms with Crippen LogP contribution in [0, 0.1) is 0 Å². The summed E-state index contributed by atoms with van der Waals surface area (Å²) in [5.74, 6) is 0. The summed E-state index contributed by atoms with van der Waals surface area (Å²) in [4.78, 5) is 0. The lowest BCUT2D eigenvalue weighted by molar-refractivity contribution is -0.642. The highest BCUT2D eigenvalue weighted by Crippen LogP contribution is 2.30. The Morgan fingerprint density at radius 2 is 0.783 bits per heavy atom. The number of benzene rings is 5. The van der Waals surface area contributed by atoms with Gasteiger partial charge in [-0.2, -0.15) is 9.13 Å². The number of thiazole rings is 2. The molecule has 0 unspecified atom stereocenters. The minimum atomic E-state index is -4.41. The number of hydrogen-bond acceptors (Lipinski definition) is 10. The van der Waals surface area contributed by atoms with Crippen LogP contribution in [-0.4, -0.2) is 40.2 Å². The van der Waals surface area contributed by atoms with E-state index in [4.69, 9.17) is 0 Å². The van der Waals surface area contributed by atoms with Crippen molar-refractivity contribution in [3.63, 3.8) is 0 Å². The Kier molecular flexibility index (Phi) is 16.6. The van der Waals surface area contributed by atoms with Crippen molar-refractivity contribution in [2.24, 2.45) is 14.1 Å². The molecule has 10 nitrogen and oxygen atoms in total. The van der Waals surface area contributed by atoms with E-state index in [9.17, 15) is 25.9 Å². The molecule has 0 atom stereocenters. The Hall–Kier alpha value is -4.46. The van der Waals surface area contributed by atoms with Gasteiger partial charge in [0.25, 0.3) is 10.0 Å². The van der Waals surface area contributed by atoms with Crippen LogP contribution < -0.4 is 9.13 Å². The summed E-state index contributed by atoms with van der Waals surface area (Å²) in [6.45, 7) is 0. The summed E-state index contributed by atoms with van der Waals surface area (Å²) in [5.41, 5.74) is 9.42. The maximum absolute atomic E-state index is 9.22. The minimum absolute atomic E-state index is 0.808. The fraction of sp³-hybridized carbons (Fsp3) is 0.0909. The van der Waals surface area contributed by atoms with Gasteiger partial charge >= 0.3 is 0 Å². The molecular formula is C44H38Br2N2O8S4. The first-order valence-electron chi connectivity index (χ1n) is 17.7. The van der Waals surface area contributed by atoms with Gasteiger partial charge < -0.3 is 9.11 Å². The van der Waals surface area contributed by atoms with Crippen molar-refractivity contribution < 1.29 is 43.4 Å². The van der Waals surface area contributed by atoms with Gasteiger partial charge in [-0.15, -0.1) is 0 Å². The monoisotopic (exact) mass is 1010 g/mol. The van der Waals surface area contributed by atoms with Crippen LogP contribution in [0.3, 0.4) is 0 Å². The number of fused-ring (bicyclic) bond motifs is 2. The average molecular weight is 1010 g/mol. The van der Waals surface area contributed by atoms with Gasteiger partial charge in [-0.05, 0) is 69.8 Å². The summed E-state index contributed by atoms with van der Waals surface area (Å²) in [6, 6.07) is 38.6. The summed E-state index contributed by atoms with van der Waals surface area (Å²) in [6.07, 6.45) is 17.3. The quantitative estimate of drug-likeness (QED) is 0.0571. The van der Waals surface area contributed by atoms with Crippen LogP contribution in [0.2, 0.25) is 0 Å². The van der Waals surface area contributed by atoms with E-state index in [1.807, 2.05) is 22.7 Å². The van der Waals surface area contributed by atoms with E-state index in [1.165, 1.54) is 41.6 Å². The molecule has 16 heteroatoms. The molecule has 7 aromatic rings. The van der Waals surface area contributed by atoms with Crippen LogP contribution in [0.5, 0.6) is 0 Å². The summed E-state index contributed by atoms with van der Waals surface area (Å²) >= 11 is 11.2. The SMILES string of the molecule is COS(=O)(=O)[O-].COS(=O)(=O)[O-].C[n+]1c(/C=C/c2ccc(/C=C/c3cc(Br)c(/C=C/c4ccc(/C=C/c5sc6ccccc6[n+]5C)cc4)cc3Br)cc2)sc2ccccc21. The molecule has 310 valence electrons. The maximum atomic E-state index is 9.22. The normalized spacial score (nSPS) is 12.1. The Bertz CT molecular complexity index is 2740. The second-order valence-electron chi connectivity index (χ2n) is 12.6. The Balaban J connectivity index is 0.000000500. The molecule has 0 spiro atoms. The van der Waals surface area contributed by atoms with Gasteiger partial charge in [-0.25, -0.2) is 16.8 Å². The molecule has 0 amide bonds. The Labute approximate surface area is 374 Å². The lowest BCUT2D eigenvalue weighted by atomic mass is 10.1. The Morgan fingerprint density at radius 3 is 1.07 bits per heavy atom. The first-order valence-corrected chi connectivity index (χ1v) is 23.6. The van der Waals surface area contributed by atoms with Gasteiger partial charge in [-0.3, -0.25) is 8.37 Å². The van der Waals surface area contributed by atoms with Crippen molar-refractivity contribution in [2.45, 2.75) is 0 Å². The first kappa shape index (κ1) is 46.6. The third-order valence-corrected chi connectivity index (χ3v) is 13.2. The lowest BCUT2D eigenvalue weighted by Gasteiger charge is -2.05. The van der Waals surface area contributed by atoms with Crippen molar-refractivity contribution in [1.29, 1.82) is 0 Å². The van der Waals surface area contributed by atoms with Gasteiger partial charge in [0.15, 0.2) is 0 Å². The molecule has 0 saturated heterocycles. The van der Waals surface area contributed by atoms with E-state index in [1.54, 1.807) is 0 Å². The predicted octanol–water partition coefficient (Wildman–Crippen LogP) is 10.2. The third kappa shape index (κ3) is 13.8. The molecule has 0 bridgehead atoms. The fourth-order valence-corrected chi connectivity index (χ4v) is 8.60. The molecule has 0 saturated carbocycles. The molecule has 5 aromatic carbocycles. The molecule has 0 aliphatic carbocycles. The zero-order valence-corrected chi connectivity index (χ0v) is 39.0. The largest absolute Gasteiger partial charge is 0.726 e. The molecule has 2 heterocycles. The molecule has 7 rings (SSSR count). The van der Waals surface area contributed by atoms with Gasteiger partial charge in [0.1, 0.15) is 23.5 Å². The number of hydrogen-bond donors (Lipinski definition) is 0. The van der Waals surface area contributed by atoms with Crippen LogP contribution in [0.1, 0.15) is 43.4 Å². The molecule has 0 radical (unpaired) electrons. The maximum Gasteiger partial charge on any atom is 0.262 e. The van der Waals surface area contributed by atoms with Crippen LogP contribution >= 0.6 is 54.5 Å². The summed E-state index contributed by atoms with van der Waals surface area (Å²) in [7, 11) is -2.96. The van der Waals surface area contributed by atoms with Crippen molar-refractivity contribution in [3.05, 3.63) is 162 Å². The van der Waals surface area contributed by atoms with E-state index in [0.29, 0.717) is 0 Å². The smallest absolute Gasteiger partial charge is 0.262 e. The van der Waals surface area contributed by atoms with Crippen molar-refractivity contribution in [2.75, 3.05) is 14.2 Å². The topological polar surface area (TPSA) is 141 Å². The molecule has 2 aromatic heterocycles. The molecular weight excluding hydrogens is 973 g/mol. The predicted molar refractivity (Wildman–Crippen MR) is 250 cm³/mol. The van der Waals surface area contributed by atoms with Crippen LogP contribution in [-0.2, 0) is 43.3 Å². The second-order valence-corrected chi connectivity index (χ2v) is 18.8.